The lowest BCUT2D eigenvalue weighted by Crippen LogP contribution is -2.16. The van der Waals surface area contributed by atoms with Crippen LogP contribution in [-0.2, 0) is 11.2 Å². The predicted octanol–water partition coefficient (Wildman–Crippen LogP) is 2.02. The van der Waals surface area contributed by atoms with E-state index in [-0.39, 0.29) is 5.56 Å². The number of aromatic nitrogens is 1. The molecule has 0 saturated heterocycles. The first-order valence-corrected chi connectivity index (χ1v) is 5.98. The van der Waals surface area contributed by atoms with E-state index in [0.717, 1.165) is 0 Å². The van der Waals surface area contributed by atoms with Gasteiger partial charge in [0.15, 0.2) is 0 Å². The fraction of sp³-hybridized carbons (Fsp3) is 0.286. The Morgan fingerprint density at radius 1 is 1.37 bits per heavy atom. The second kappa shape index (κ2) is 5.14. The van der Waals surface area contributed by atoms with Crippen molar-refractivity contribution in [2.24, 2.45) is 0 Å². The highest BCUT2D eigenvalue weighted by atomic mass is 16.5. The highest BCUT2D eigenvalue weighted by Gasteiger charge is 2.16. The van der Waals surface area contributed by atoms with Crippen molar-refractivity contribution in [1.29, 1.82) is 0 Å². The van der Waals surface area contributed by atoms with E-state index in [0.29, 0.717) is 34.4 Å². The molecule has 5 heteroatoms. The Bertz CT molecular complexity index is 688. The van der Waals surface area contributed by atoms with Crippen molar-refractivity contribution in [2.75, 3.05) is 7.11 Å². The Labute approximate surface area is 110 Å². The molecular formula is C14H15NO4. The van der Waals surface area contributed by atoms with Crippen LogP contribution in [-0.4, -0.2) is 18.1 Å². The second-order valence-corrected chi connectivity index (χ2v) is 4.09. The summed E-state index contributed by atoms with van der Waals surface area (Å²) in [4.78, 5) is 26.0. The third-order valence-corrected chi connectivity index (χ3v) is 2.88. The number of fused-ring (bicyclic) bond motifs is 1. The Morgan fingerprint density at radius 3 is 2.68 bits per heavy atom. The van der Waals surface area contributed by atoms with E-state index >= 15 is 0 Å². The largest absolute Gasteiger partial charge is 0.495 e. The van der Waals surface area contributed by atoms with Crippen LogP contribution in [0.5, 0.6) is 11.5 Å². The van der Waals surface area contributed by atoms with Gasteiger partial charge in [-0.3, -0.25) is 9.59 Å². The summed E-state index contributed by atoms with van der Waals surface area (Å²) in [6.07, 6.45) is 0.477. The SMILES string of the molecule is CCc1c(OC(C)=O)c2cccc(OC)c2[nH]c1=O. The first kappa shape index (κ1) is 13.1. The summed E-state index contributed by atoms with van der Waals surface area (Å²) in [5.41, 5.74) is 0.718. The van der Waals surface area contributed by atoms with E-state index in [4.69, 9.17) is 9.47 Å². The van der Waals surface area contributed by atoms with Crippen LogP contribution in [0.25, 0.3) is 10.9 Å². The van der Waals surface area contributed by atoms with Crippen LogP contribution in [0.15, 0.2) is 23.0 Å². The van der Waals surface area contributed by atoms with Gasteiger partial charge in [0, 0.05) is 12.3 Å². The van der Waals surface area contributed by atoms with Gasteiger partial charge in [-0.05, 0) is 18.6 Å². The number of aromatic amines is 1. The normalized spacial score (nSPS) is 10.5. The van der Waals surface area contributed by atoms with Crippen LogP contribution in [0.3, 0.4) is 0 Å². The number of carbonyl (C=O) groups is 1. The molecule has 0 amide bonds. The van der Waals surface area contributed by atoms with Crippen LogP contribution in [0.1, 0.15) is 19.4 Å². The van der Waals surface area contributed by atoms with Gasteiger partial charge in [0.1, 0.15) is 11.5 Å². The molecule has 100 valence electrons. The number of rotatable bonds is 3. The van der Waals surface area contributed by atoms with Crippen molar-refractivity contribution in [1.82, 2.24) is 4.98 Å². The molecule has 1 N–H and O–H groups in total. The van der Waals surface area contributed by atoms with Crippen LogP contribution < -0.4 is 15.0 Å². The molecule has 2 rings (SSSR count). The summed E-state index contributed by atoms with van der Waals surface area (Å²) in [7, 11) is 1.52. The highest BCUT2D eigenvalue weighted by Crippen LogP contribution is 2.31. The molecule has 1 aromatic heterocycles. The molecule has 1 heterocycles. The topological polar surface area (TPSA) is 68.4 Å². The minimum atomic E-state index is -0.454. The number of carbonyl (C=O) groups excluding carboxylic acids is 1. The number of ether oxygens (including phenoxy) is 2. The molecule has 0 aliphatic carbocycles. The van der Waals surface area contributed by atoms with Gasteiger partial charge < -0.3 is 14.5 Å². The first-order chi connectivity index (χ1) is 9.08. The number of nitrogens with one attached hydrogen (secondary N) is 1. The quantitative estimate of drug-likeness (QED) is 0.858. The highest BCUT2D eigenvalue weighted by molar-refractivity contribution is 5.92. The fourth-order valence-corrected chi connectivity index (χ4v) is 2.06. The third kappa shape index (κ3) is 2.31. The van der Waals surface area contributed by atoms with E-state index in [1.165, 1.54) is 14.0 Å². The zero-order valence-electron chi connectivity index (χ0n) is 11.1. The van der Waals surface area contributed by atoms with Gasteiger partial charge >= 0.3 is 5.97 Å². The number of para-hydroxylation sites is 1. The standard InChI is InChI=1S/C14H15NO4/c1-4-9-13(19-8(2)16)10-6-5-7-11(18-3)12(10)15-14(9)17/h5-7H,4H2,1-3H3,(H,15,17). The van der Waals surface area contributed by atoms with Gasteiger partial charge in [-0.1, -0.05) is 13.0 Å². The van der Waals surface area contributed by atoms with Crippen molar-refractivity contribution in [3.8, 4) is 11.5 Å². The van der Waals surface area contributed by atoms with Gasteiger partial charge in [-0.2, -0.15) is 0 Å². The predicted molar refractivity (Wildman–Crippen MR) is 71.8 cm³/mol. The third-order valence-electron chi connectivity index (χ3n) is 2.88. The summed E-state index contributed by atoms with van der Waals surface area (Å²) in [6, 6.07) is 5.30. The molecule has 5 nitrogen and oxygen atoms in total. The molecule has 0 fully saturated rings. The lowest BCUT2D eigenvalue weighted by molar-refractivity contribution is -0.131. The number of H-pyrrole nitrogens is 1. The smallest absolute Gasteiger partial charge is 0.308 e. The van der Waals surface area contributed by atoms with Crippen molar-refractivity contribution in [3.05, 3.63) is 34.1 Å². The van der Waals surface area contributed by atoms with E-state index in [1.807, 2.05) is 6.92 Å². The van der Waals surface area contributed by atoms with Crippen molar-refractivity contribution in [3.63, 3.8) is 0 Å². The molecule has 0 bridgehead atoms. The second-order valence-electron chi connectivity index (χ2n) is 4.09. The molecule has 0 spiro atoms. The Kier molecular flexibility index (Phi) is 3.55. The number of methoxy groups -OCH3 is 1. The van der Waals surface area contributed by atoms with Gasteiger partial charge in [0.2, 0.25) is 0 Å². The summed E-state index contributed by atoms with van der Waals surface area (Å²) >= 11 is 0. The Morgan fingerprint density at radius 2 is 2.11 bits per heavy atom. The van der Waals surface area contributed by atoms with Crippen LogP contribution in [0, 0.1) is 0 Å². The zero-order chi connectivity index (χ0) is 14.0. The number of pyridine rings is 1. The number of esters is 1. The molecular weight excluding hydrogens is 246 g/mol. The molecule has 0 aliphatic rings. The molecule has 1 aromatic carbocycles. The van der Waals surface area contributed by atoms with Crippen molar-refractivity contribution < 1.29 is 14.3 Å². The van der Waals surface area contributed by atoms with Gasteiger partial charge in [0.05, 0.1) is 18.2 Å². The average molecular weight is 261 g/mol. The fourth-order valence-electron chi connectivity index (χ4n) is 2.06. The molecule has 0 unspecified atom stereocenters. The Balaban J connectivity index is 2.87. The lowest BCUT2D eigenvalue weighted by atomic mass is 10.1. The summed E-state index contributed by atoms with van der Waals surface area (Å²) in [6.45, 7) is 3.15. The van der Waals surface area contributed by atoms with Crippen molar-refractivity contribution in [2.45, 2.75) is 20.3 Å². The molecule has 0 atom stereocenters. The van der Waals surface area contributed by atoms with E-state index in [9.17, 15) is 9.59 Å². The minimum Gasteiger partial charge on any atom is -0.495 e. The monoisotopic (exact) mass is 261 g/mol. The minimum absolute atomic E-state index is 0.268. The average Bonchev–Trinajstić information content (AvgIpc) is 2.37. The van der Waals surface area contributed by atoms with E-state index in [1.54, 1.807) is 18.2 Å². The zero-order valence-corrected chi connectivity index (χ0v) is 11.1. The van der Waals surface area contributed by atoms with Crippen LogP contribution in [0.4, 0.5) is 0 Å². The van der Waals surface area contributed by atoms with Gasteiger partial charge in [-0.15, -0.1) is 0 Å². The molecule has 0 radical (unpaired) electrons. The lowest BCUT2D eigenvalue weighted by Gasteiger charge is -2.12. The number of benzene rings is 1. The maximum atomic E-state index is 12.0. The maximum absolute atomic E-state index is 12.0. The maximum Gasteiger partial charge on any atom is 0.308 e. The van der Waals surface area contributed by atoms with Crippen LogP contribution >= 0.6 is 0 Å². The summed E-state index contributed by atoms with van der Waals surface area (Å²) in [5, 5.41) is 0.658. The number of hydrogen-bond acceptors (Lipinski definition) is 4. The van der Waals surface area contributed by atoms with Crippen LogP contribution in [0.2, 0.25) is 0 Å². The van der Waals surface area contributed by atoms with Crippen molar-refractivity contribution >= 4 is 16.9 Å². The Hall–Kier alpha value is -2.30. The van der Waals surface area contributed by atoms with E-state index < -0.39 is 5.97 Å². The van der Waals surface area contributed by atoms with E-state index in [2.05, 4.69) is 4.98 Å². The number of hydrogen-bond donors (Lipinski definition) is 1. The molecule has 2 aromatic rings. The molecule has 19 heavy (non-hydrogen) atoms. The molecule has 0 aliphatic heterocycles. The summed E-state index contributed by atoms with van der Waals surface area (Å²) < 4.78 is 10.4. The van der Waals surface area contributed by atoms with Gasteiger partial charge in [0.25, 0.3) is 5.56 Å². The first-order valence-electron chi connectivity index (χ1n) is 5.98. The van der Waals surface area contributed by atoms with Gasteiger partial charge in [-0.25, -0.2) is 0 Å². The molecule has 0 saturated carbocycles. The summed E-state index contributed by atoms with van der Waals surface area (Å²) in [5.74, 6) is 0.391.